The molecule has 22 heavy (non-hydrogen) atoms. The van der Waals surface area contributed by atoms with E-state index in [-0.39, 0.29) is 11.4 Å². The summed E-state index contributed by atoms with van der Waals surface area (Å²) in [6, 6.07) is 5.69. The first-order chi connectivity index (χ1) is 10.3. The molecule has 118 valence electrons. The first-order valence-electron chi connectivity index (χ1n) is 7.20. The van der Waals surface area contributed by atoms with E-state index in [0.29, 0.717) is 6.54 Å². The lowest BCUT2D eigenvalue weighted by molar-refractivity contribution is 0.251. The van der Waals surface area contributed by atoms with Gasteiger partial charge in [-0.2, -0.15) is 0 Å². The van der Waals surface area contributed by atoms with Crippen LogP contribution in [0.15, 0.2) is 18.2 Å². The van der Waals surface area contributed by atoms with Gasteiger partial charge < -0.3 is 10.6 Å². The van der Waals surface area contributed by atoms with Gasteiger partial charge in [0.2, 0.25) is 0 Å². The van der Waals surface area contributed by atoms with E-state index in [1.807, 2.05) is 32.0 Å². The van der Waals surface area contributed by atoms with Crippen LogP contribution in [0, 0.1) is 13.8 Å². The number of anilines is 1. The van der Waals surface area contributed by atoms with E-state index < -0.39 is 0 Å². The highest BCUT2D eigenvalue weighted by Gasteiger charge is 2.19. The van der Waals surface area contributed by atoms with E-state index in [2.05, 4.69) is 41.6 Å². The number of hydrogen-bond acceptors (Lipinski definition) is 4. The molecule has 0 spiro atoms. The number of urea groups is 1. The maximum Gasteiger partial charge on any atom is 0.319 e. The second-order valence-corrected chi connectivity index (χ2v) is 7.44. The zero-order valence-corrected chi connectivity index (χ0v) is 14.5. The maximum atomic E-state index is 12.0. The van der Waals surface area contributed by atoms with E-state index in [1.165, 1.54) is 16.9 Å². The Balaban J connectivity index is 1.91. The van der Waals surface area contributed by atoms with Gasteiger partial charge in [-0.3, -0.25) is 0 Å². The first-order valence-corrected chi connectivity index (χ1v) is 8.02. The molecule has 2 rings (SSSR count). The third kappa shape index (κ3) is 4.27. The molecular weight excluding hydrogens is 296 g/mol. The van der Waals surface area contributed by atoms with Crippen LogP contribution in [0.25, 0.3) is 0 Å². The third-order valence-corrected chi connectivity index (χ3v) is 4.49. The van der Waals surface area contributed by atoms with Gasteiger partial charge in [-0.05, 0) is 25.5 Å². The zero-order chi connectivity index (χ0) is 16.3. The minimum Gasteiger partial charge on any atom is -0.331 e. The molecule has 0 bridgehead atoms. The second kappa shape index (κ2) is 6.44. The molecule has 5 nitrogen and oxygen atoms in total. The summed E-state index contributed by atoms with van der Waals surface area (Å²) in [4.78, 5) is 12.0. The molecule has 0 fully saturated rings. The first kappa shape index (κ1) is 16.4. The normalized spacial score (nSPS) is 11.3. The number of aromatic nitrogens is 2. The SMILES string of the molecule is Cc1ccc(NC(=O)NCc2nnc(C(C)(C)C)s2)c(C)c1. The van der Waals surface area contributed by atoms with Crippen molar-refractivity contribution in [3.05, 3.63) is 39.3 Å². The number of nitrogens with one attached hydrogen (secondary N) is 2. The molecule has 0 saturated heterocycles. The van der Waals surface area contributed by atoms with Crippen molar-refractivity contribution < 1.29 is 4.79 Å². The van der Waals surface area contributed by atoms with Crippen LogP contribution in [-0.2, 0) is 12.0 Å². The number of nitrogens with zero attached hydrogens (tertiary/aromatic N) is 2. The number of rotatable bonds is 3. The summed E-state index contributed by atoms with van der Waals surface area (Å²) in [5, 5.41) is 15.7. The quantitative estimate of drug-likeness (QED) is 0.905. The lowest BCUT2D eigenvalue weighted by Crippen LogP contribution is -2.28. The van der Waals surface area contributed by atoms with Gasteiger partial charge in [-0.15, -0.1) is 10.2 Å². The third-order valence-electron chi connectivity index (χ3n) is 3.14. The number of benzene rings is 1. The van der Waals surface area contributed by atoms with Crippen molar-refractivity contribution in [1.29, 1.82) is 0 Å². The second-order valence-electron chi connectivity index (χ2n) is 6.38. The minimum atomic E-state index is -0.237. The van der Waals surface area contributed by atoms with E-state index in [4.69, 9.17) is 0 Å². The summed E-state index contributed by atoms with van der Waals surface area (Å²) < 4.78 is 0. The summed E-state index contributed by atoms with van der Waals surface area (Å²) in [5.41, 5.74) is 3.01. The van der Waals surface area contributed by atoms with Crippen LogP contribution in [0.2, 0.25) is 0 Å². The van der Waals surface area contributed by atoms with Gasteiger partial charge in [-0.1, -0.05) is 49.8 Å². The molecule has 0 saturated carbocycles. The molecule has 1 aromatic heterocycles. The van der Waals surface area contributed by atoms with E-state index >= 15 is 0 Å². The van der Waals surface area contributed by atoms with E-state index in [0.717, 1.165) is 21.3 Å². The summed E-state index contributed by atoms with van der Waals surface area (Å²) in [6.45, 7) is 10.7. The predicted octanol–water partition coefficient (Wildman–Crippen LogP) is 3.77. The molecule has 0 aliphatic rings. The topological polar surface area (TPSA) is 66.9 Å². The fourth-order valence-electron chi connectivity index (χ4n) is 1.90. The van der Waals surface area contributed by atoms with Gasteiger partial charge in [-0.25, -0.2) is 4.79 Å². The molecule has 0 atom stereocenters. The average molecular weight is 318 g/mol. The molecule has 2 N–H and O–H groups in total. The molecule has 1 heterocycles. The summed E-state index contributed by atoms with van der Waals surface area (Å²) in [6.07, 6.45) is 0. The number of carbonyl (C=O) groups excluding carboxylic acids is 1. The van der Waals surface area contributed by atoms with Crippen LogP contribution in [-0.4, -0.2) is 16.2 Å². The Labute approximate surface area is 135 Å². The zero-order valence-electron chi connectivity index (χ0n) is 13.7. The summed E-state index contributed by atoms with van der Waals surface area (Å²) in [7, 11) is 0. The smallest absolute Gasteiger partial charge is 0.319 e. The van der Waals surface area contributed by atoms with Gasteiger partial charge in [0.05, 0.1) is 6.54 Å². The van der Waals surface area contributed by atoms with Crippen molar-refractivity contribution >= 4 is 23.1 Å². The molecule has 1 aromatic carbocycles. The minimum absolute atomic E-state index is 0.0167. The Kier molecular flexibility index (Phi) is 4.81. The van der Waals surface area contributed by atoms with Gasteiger partial charge in [0.25, 0.3) is 0 Å². The molecule has 6 heteroatoms. The highest BCUT2D eigenvalue weighted by molar-refractivity contribution is 7.11. The lowest BCUT2D eigenvalue weighted by atomic mass is 9.98. The maximum absolute atomic E-state index is 12.0. The van der Waals surface area contributed by atoms with Crippen molar-refractivity contribution in [3.8, 4) is 0 Å². The fourth-order valence-corrected chi connectivity index (χ4v) is 2.74. The molecular formula is C16H22N4OS. The lowest BCUT2D eigenvalue weighted by Gasteiger charge is -2.12. The highest BCUT2D eigenvalue weighted by atomic mass is 32.1. The van der Waals surface area contributed by atoms with Crippen molar-refractivity contribution in [3.63, 3.8) is 0 Å². The summed E-state index contributed by atoms with van der Waals surface area (Å²) >= 11 is 1.53. The highest BCUT2D eigenvalue weighted by Crippen LogP contribution is 2.25. The number of hydrogen-bond donors (Lipinski definition) is 2. The van der Waals surface area contributed by atoms with Crippen LogP contribution in [0.4, 0.5) is 10.5 Å². The van der Waals surface area contributed by atoms with Crippen molar-refractivity contribution in [1.82, 2.24) is 15.5 Å². The van der Waals surface area contributed by atoms with Gasteiger partial charge in [0.1, 0.15) is 10.0 Å². The average Bonchev–Trinajstić information content (AvgIpc) is 2.88. The Bertz CT molecular complexity index is 673. The van der Waals surface area contributed by atoms with Gasteiger partial charge >= 0.3 is 6.03 Å². The van der Waals surface area contributed by atoms with Crippen molar-refractivity contribution in [2.75, 3.05) is 5.32 Å². The van der Waals surface area contributed by atoms with E-state index in [1.54, 1.807) is 0 Å². The molecule has 0 aliphatic heterocycles. The number of carbonyl (C=O) groups is 1. The number of amides is 2. The van der Waals surface area contributed by atoms with Gasteiger partial charge in [0, 0.05) is 11.1 Å². The fraction of sp³-hybridized carbons (Fsp3) is 0.438. The Hall–Kier alpha value is -1.95. The van der Waals surface area contributed by atoms with Gasteiger partial charge in [0.15, 0.2) is 0 Å². The predicted molar refractivity (Wildman–Crippen MR) is 90.4 cm³/mol. The van der Waals surface area contributed by atoms with E-state index in [9.17, 15) is 4.79 Å². The van der Waals surface area contributed by atoms with Crippen LogP contribution in [0.5, 0.6) is 0 Å². The van der Waals surface area contributed by atoms with Crippen molar-refractivity contribution in [2.24, 2.45) is 0 Å². The van der Waals surface area contributed by atoms with Crippen LogP contribution in [0.3, 0.4) is 0 Å². The molecule has 0 aliphatic carbocycles. The number of aryl methyl sites for hydroxylation is 2. The Morgan fingerprint density at radius 3 is 2.55 bits per heavy atom. The largest absolute Gasteiger partial charge is 0.331 e. The van der Waals surface area contributed by atoms with Crippen molar-refractivity contribution in [2.45, 2.75) is 46.6 Å². The Morgan fingerprint density at radius 1 is 1.23 bits per heavy atom. The Morgan fingerprint density at radius 2 is 1.95 bits per heavy atom. The molecule has 0 radical (unpaired) electrons. The van der Waals surface area contributed by atoms with Crippen LogP contribution in [0.1, 0.15) is 41.9 Å². The monoisotopic (exact) mass is 318 g/mol. The van der Waals surface area contributed by atoms with Crippen LogP contribution < -0.4 is 10.6 Å². The summed E-state index contributed by atoms with van der Waals surface area (Å²) in [5.74, 6) is 0. The molecule has 2 aromatic rings. The standard InChI is InChI=1S/C16H22N4OS/c1-10-6-7-12(11(2)8-10)18-15(21)17-9-13-19-20-14(22-13)16(3,4)5/h6-8H,9H2,1-5H3,(H2,17,18,21). The molecule has 0 unspecified atom stereocenters. The van der Waals surface area contributed by atoms with Crippen LogP contribution >= 0.6 is 11.3 Å². The molecule has 2 amide bonds.